The summed E-state index contributed by atoms with van der Waals surface area (Å²) in [6, 6.07) is 0.344. The third-order valence-corrected chi connectivity index (χ3v) is 2.67. The van der Waals surface area contributed by atoms with Gasteiger partial charge in [0.15, 0.2) is 0 Å². The highest BCUT2D eigenvalue weighted by Crippen LogP contribution is 2.21. The van der Waals surface area contributed by atoms with Crippen LogP contribution >= 0.6 is 0 Å². The quantitative estimate of drug-likeness (QED) is 0.574. The molecule has 1 aliphatic heterocycles. The van der Waals surface area contributed by atoms with E-state index in [0.717, 1.165) is 18.5 Å². The Morgan fingerprint density at radius 2 is 2.00 bits per heavy atom. The van der Waals surface area contributed by atoms with Gasteiger partial charge in [-0.15, -0.1) is 0 Å². The van der Waals surface area contributed by atoms with E-state index in [0.29, 0.717) is 12.0 Å². The minimum atomic E-state index is 0.149. The van der Waals surface area contributed by atoms with Crippen LogP contribution < -0.4 is 0 Å². The van der Waals surface area contributed by atoms with Crippen LogP contribution in [0.15, 0.2) is 12.2 Å². The molecule has 1 amide bonds. The van der Waals surface area contributed by atoms with Crippen molar-refractivity contribution in [1.29, 1.82) is 0 Å². The van der Waals surface area contributed by atoms with Gasteiger partial charge in [-0.3, -0.25) is 4.79 Å². The first-order chi connectivity index (χ1) is 5.54. The van der Waals surface area contributed by atoms with Gasteiger partial charge in [0.2, 0.25) is 5.91 Å². The highest BCUT2D eigenvalue weighted by Gasteiger charge is 2.29. The fourth-order valence-electron chi connectivity index (χ4n) is 1.42. The second kappa shape index (κ2) is 3.30. The second-order valence-corrected chi connectivity index (χ2v) is 3.84. The highest BCUT2D eigenvalue weighted by atomic mass is 16.2. The van der Waals surface area contributed by atoms with Gasteiger partial charge in [-0.25, -0.2) is 0 Å². The molecule has 0 aromatic heterocycles. The first-order valence-corrected chi connectivity index (χ1v) is 4.52. The third-order valence-electron chi connectivity index (χ3n) is 2.67. The molecule has 0 bridgehead atoms. The lowest BCUT2D eigenvalue weighted by atomic mass is 10.1. The van der Waals surface area contributed by atoms with Crippen molar-refractivity contribution in [3.8, 4) is 0 Å². The Balaban J connectivity index is 2.65. The zero-order chi connectivity index (χ0) is 9.30. The van der Waals surface area contributed by atoms with Crippen LogP contribution in [-0.2, 0) is 4.79 Å². The molecule has 12 heavy (non-hydrogen) atoms. The fraction of sp³-hybridized carbons (Fsp3) is 0.700. The Hall–Kier alpha value is -0.790. The van der Waals surface area contributed by atoms with Crippen molar-refractivity contribution in [3.05, 3.63) is 12.2 Å². The van der Waals surface area contributed by atoms with Crippen LogP contribution in [0.4, 0.5) is 0 Å². The summed E-state index contributed by atoms with van der Waals surface area (Å²) in [6.45, 7) is 11.0. The van der Waals surface area contributed by atoms with Crippen molar-refractivity contribution < 1.29 is 4.79 Å². The first-order valence-electron chi connectivity index (χ1n) is 4.52. The average Bonchev–Trinajstić information content (AvgIpc) is 2.32. The molecule has 1 atom stereocenters. The van der Waals surface area contributed by atoms with Crippen LogP contribution in [0.25, 0.3) is 0 Å². The number of likely N-dealkylation sites (tertiary alicyclic amines) is 1. The van der Waals surface area contributed by atoms with Crippen molar-refractivity contribution in [3.63, 3.8) is 0 Å². The Morgan fingerprint density at radius 1 is 1.42 bits per heavy atom. The van der Waals surface area contributed by atoms with Gasteiger partial charge in [0.05, 0.1) is 0 Å². The predicted molar refractivity (Wildman–Crippen MR) is 49.8 cm³/mol. The van der Waals surface area contributed by atoms with E-state index in [1.54, 1.807) is 0 Å². The van der Waals surface area contributed by atoms with Gasteiger partial charge in [-0.1, -0.05) is 20.4 Å². The molecule has 1 saturated heterocycles. The molecule has 0 N–H and O–H groups in total. The van der Waals surface area contributed by atoms with Gasteiger partial charge < -0.3 is 4.90 Å². The Kier molecular flexibility index (Phi) is 2.55. The molecular weight excluding hydrogens is 150 g/mol. The molecule has 1 rings (SSSR count). The molecule has 1 heterocycles. The molecule has 0 spiro atoms. The third kappa shape index (κ3) is 1.52. The number of rotatable bonds is 2. The van der Waals surface area contributed by atoms with E-state index < -0.39 is 0 Å². The van der Waals surface area contributed by atoms with Crippen LogP contribution in [0.2, 0.25) is 0 Å². The van der Waals surface area contributed by atoms with Gasteiger partial charge in [0.1, 0.15) is 0 Å². The topological polar surface area (TPSA) is 20.3 Å². The molecule has 0 aromatic rings. The molecule has 0 radical (unpaired) electrons. The minimum absolute atomic E-state index is 0.149. The molecule has 1 fully saturated rings. The molecule has 68 valence electrons. The molecule has 2 heteroatoms. The Labute approximate surface area is 74.2 Å². The van der Waals surface area contributed by atoms with E-state index in [-0.39, 0.29) is 5.91 Å². The normalized spacial score (nSPS) is 20.8. The number of hydrogen-bond donors (Lipinski definition) is 0. The molecule has 1 unspecified atom stereocenters. The van der Waals surface area contributed by atoms with E-state index in [1.807, 2.05) is 4.90 Å². The summed E-state index contributed by atoms with van der Waals surface area (Å²) in [6.07, 6.45) is 0.843. The van der Waals surface area contributed by atoms with E-state index in [4.69, 9.17) is 0 Å². The average molecular weight is 167 g/mol. The summed E-state index contributed by atoms with van der Waals surface area (Å²) in [5, 5.41) is 0. The maximum absolute atomic E-state index is 11.5. The lowest BCUT2D eigenvalue weighted by Crippen LogP contribution is -2.37. The first kappa shape index (κ1) is 9.30. The lowest BCUT2D eigenvalue weighted by molar-refractivity contribution is -0.127. The number of nitrogens with zero attached hydrogens (tertiary/aromatic N) is 1. The smallest absolute Gasteiger partial charge is 0.249 e. The monoisotopic (exact) mass is 167 g/mol. The van der Waals surface area contributed by atoms with Gasteiger partial charge in [0, 0.05) is 18.2 Å². The minimum Gasteiger partial charge on any atom is -0.336 e. The van der Waals surface area contributed by atoms with Crippen molar-refractivity contribution in [2.45, 2.75) is 33.2 Å². The number of carbonyl (C=O) groups excluding carboxylic acids is 1. The van der Waals surface area contributed by atoms with E-state index >= 15 is 0 Å². The van der Waals surface area contributed by atoms with Crippen LogP contribution in [0, 0.1) is 5.92 Å². The van der Waals surface area contributed by atoms with Gasteiger partial charge >= 0.3 is 0 Å². The van der Waals surface area contributed by atoms with E-state index in [9.17, 15) is 4.79 Å². The maximum atomic E-state index is 11.5. The van der Waals surface area contributed by atoms with Gasteiger partial charge in [0.25, 0.3) is 0 Å². The summed E-state index contributed by atoms with van der Waals surface area (Å²) in [5.41, 5.74) is 0.766. The number of amides is 1. The van der Waals surface area contributed by atoms with Gasteiger partial charge in [-0.05, 0) is 19.3 Å². The summed E-state index contributed by atoms with van der Waals surface area (Å²) >= 11 is 0. The second-order valence-electron chi connectivity index (χ2n) is 3.84. The zero-order valence-electron chi connectivity index (χ0n) is 8.13. The van der Waals surface area contributed by atoms with Crippen molar-refractivity contribution in [1.82, 2.24) is 4.90 Å². The van der Waals surface area contributed by atoms with Crippen LogP contribution in [0.1, 0.15) is 27.2 Å². The van der Waals surface area contributed by atoms with Crippen molar-refractivity contribution >= 4 is 5.91 Å². The van der Waals surface area contributed by atoms with Crippen LogP contribution in [0.3, 0.4) is 0 Å². The zero-order valence-corrected chi connectivity index (χ0v) is 8.13. The lowest BCUT2D eigenvalue weighted by Gasteiger charge is -2.27. The molecular formula is C10H17NO. The Bertz CT molecular complexity index is 208. The molecule has 0 aromatic carbocycles. The van der Waals surface area contributed by atoms with E-state index in [1.165, 1.54) is 0 Å². The number of hydrogen-bond acceptors (Lipinski definition) is 1. The largest absolute Gasteiger partial charge is 0.336 e. The summed E-state index contributed by atoms with van der Waals surface area (Å²) in [7, 11) is 0. The van der Waals surface area contributed by atoms with Crippen LogP contribution in [-0.4, -0.2) is 23.4 Å². The van der Waals surface area contributed by atoms with E-state index in [2.05, 4.69) is 27.4 Å². The molecule has 0 saturated carbocycles. The Morgan fingerprint density at radius 3 is 2.33 bits per heavy atom. The predicted octanol–water partition coefficient (Wildman–Crippen LogP) is 1.82. The van der Waals surface area contributed by atoms with Crippen LogP contribution in [0.5, 0.6) is 0 Å². The number of carbonyl (C=O) groups is 1. The summed E-state index contributed by atoms with van der Waals surface area (Å²) < 4.78 is 0. The highest BCUT2D eigenvalue weighted by molar-refractivity contribution is 5.95. The van der Waals surface area contributed by atoms with Crippen molar-refractivity contribution in [2.75, 3.05) is 6.54 Å². The molecule has 0 aliphatic carbocycles. The SMILES string of the molecule is C=C1CCN(C(C)C(C)C)C1=O. The standard InChI is InChI=1S/C10H17NO/c1-7(2)9(4)11-6-5-8(3)10(11)12/h7,9H,3,5-6H2,1-2,4H3. The van der Waals surface area contributed by atoms with Crippen molar-refractivity contribution in [2.24, 2.45) is 5.92 Å². The molecule has 2 nitrogen and oxygen atoms in total. The summed E-state index contributed by atoms with van der Waals surface area (Å²) in [4.78, 5) is 13.4. The maximum Gasteiger partial charge on any atom is 0.249 e. The fourth-order valence-corrected chi connectivity index (χ4v) is 1.42. The summed E-state index contributed by atoms with van der Waals surface area (Å²) in [5.74, 6) is 0.677. The molecule has 1 aliphatic rings. The van der Waals surface area contributed by atoms with Gasteiger partial charge in [-0.2, -0.15) is 0 Å².